The normalized spacial score (nSPS) is 15.9. The summed E-state index contributed by atoms with van der Waals surface area (Å²) in [5.74, 6) is -3.38. The second-order valence-corrected chi connectivity index (χ2v) is 7.03. The third-order valence-electron chi connectivity index (χ3n) is 3.58. The summed E-state index contributed by atoms with van der Waals surface area (Å²) in [5.41, 5.74) is 2.19. The Balaban J connectivity index is 1.89. The first-order valence-electron chi connectivity index (χ1n) is 7.04. The molecule has 0 heterocycles. The predicted molar refractivity (Wildman–Crippen MR) is 79.3 cm³/mol. The quantitative estimate of drug-likeness (QED) is 0.808. The van der Waals surface area contributed by atoms with E-state index in [1.165, 1.54) is 42.7 Å². The second-order valence-electron chi connectivity index (χ2n) is 5.11. The maximum absolute atomic E-state index is 12.4. The number of allylic oxidation sites excluding steroid dienone is 1. The molecule has 0 aliphatic heterocycles. The number of alkyl halides is 2. The maximum atomic E-state index is 12.4. The minimum absolute atomic E-state index is 0.349. The van der Waals surface area contributed by atoms with Crippen LogP contribution in [0.5, 0.6) is 0 Å². The molecule has 2 rings (SSSR count). The van der Waals surface area contributed by atoms with Crippen molar-refractivity contribution >= 4 is 15.5 Å². The predicted octanol–water partition coefficient (Wildman–Crippen LogP) is 3.99. The first kappa shape index (κ1) is 15.9. The zero-order valence-corrected chi connectivity index (χ0v) is 12.5. The van der Waals surface area contributed by atoms with Gasteiger partial charge in [-0.25, -0.2) is 8.42 Å². The van der Waals surface area contributed by atoms with Gasteiger partial charge < -0.3 is 5.32 Å². The largest absolute Gasteiger partial charge is 0.385 e. The fourth-order valence-electron chi connectivity index (χ4n) is 2.36. The van der Waals surface area contributed by atoms with E-state index in [4.69, 9.17) is 0 Å². The molecule has 0 unspecified atom stereocenters. The van der Waals surface area contributed by atoms with Gasteiger partial charge in [0.05, 0.1) is 4.90 Å². The van der Waals surface area contributed by atoms with Gasteiger partial charge in [0.1, 0.15) is 0 Å². The standard InChI is InChI=1S/C15H19F2NO2S/c16-15(17)21(19,20)14-8-6-13(7-9-14)18-11-10-12-4-2-1-3-5-12/h4,6-9,15,18H,1-3,5,10-11H2. The first-order valence-corrected chi connectivity index (χ1v) is 8.58. The number of hydrogen-bond donors (Lipinski definition) is 1. The Morgan fingerprint density at radius 3 is 2.43 bits per heavy atom. The van der Waals surface area contributed by atoms with Crippen molar-refractivity contribution in [3.8, 4) is 0 Å². The van der Waals surface area contributed by atoms with Crippen LogP contribution in [0.4, 0.5) is 14.5 Å². The van der Waals surface area contributed by atoms with E-state index in [-0.39, 0.29) is 4.90 Å². The van der Waals surface area contributed by atoms with Crippen LogP contribution in [0.3, 0.4) is 0 Å². The van der Waals surface area contributed by atoms with Gasteiger partial charge in [-0.3, -0.25) is 0 Å². The molecular weight excluding hydrogens is 296 g/mol. The summed E-state index contributed by atoms with van der Waals surface area (Å²) in [4.78, 5) is -0.349. The number of nitrogens with one attached hydrogen (secondary N) is 1. The number of rotatable bonds is 6. The molecule has 1 N–H and O–H groups in total. The Morgan fingerprint density at radius 2 is 1.86 bits per heavy atom. The van der Waals surface area contributed by atoms with Crippen molar-refractivity contribution in [2.24, 2.45) is 0 Å². The minimum Gasteiger partial charge on any atom is -0.385 e. The number of anilines is 1. The van der Waals surface area contributed by atoms with Gasteiger partial charge in [0, 0.05) is 12.2 Å². The molecule has 0 saturated heterocycles. The molecular formula is C15H19F2NO2S. The van der Waals surface area contributed by atoms with Crippen LogP contribution < -0.4 is 5.32 Å². The minimum atomic E-state index is -4.50. The molecule has 1 aromatic rings. The SMILES string of the molecule is O=S(=O)(c1ccc(NCCC2=CCCCC2)cc1)C(F)F. The smallest absolute Gasteiger partial charge is 0.341 e. The molecule has 1 aliphatic rings. The van der Waals surface area contributed by atoms with E-state index >= 15 is 0 Å². The van der Waals surface area contributed by atoms with Crippen LogP contribution >= 0.6 is 0 Å². The number of sulfone groups is 1. The fourth-order valence-corrected chi connectivity index (χ4v) is 3.09. The van der Waals surface area contributed by atoms with Gasteiger partial charge in [-0.2, -0.15) is 8.78 Å². The van der Waals surface area contributed by atoms with Gasteiger partial charge in [0.15, 0.2) is 0 Å². The van der Waals surface area contributed by atoms with Gasteiger partial charge in [-0.15, -0.1) is 0 Å². The monoisotopic (exact) mass is 315 g/mol. The van der Waals surface area contributed by atoms with E-state index in [1.54, 1.807) is 0 Å². The molecule has 21 heavy (non-hydrogen) atoms. The second kappa shape index (κ2) is 7.02. The molecule has 0 saturated carbocycles. The van der Waals surface area contributed by atoms with Crippen LogP contribution in [0.15, 0.2) is 40.8 Å². The Kier molecular flexibility index (Phi) is 5.33. The number of hydrogen-bond acceptors (Lipinski definition) is 3. The summed E-state index contributed by atoms with van der Waals surface area (Å²) in [6, 6.07) is 5.46. The van der Waals surface area contributed by atoms with Crippen molar-refractivity contribution in [3.05, 3.63) is 35.9 Å². The summed E-state index contributed by atoms with van der Waals surface area (Å²) >= 11 is 0. The molecule has 116 valence electrons. The zero-order chi connectivity index (χ0) is 15.3. The van der Waals surface area contributed by atoms with Crippen molar-refractivity contribution in [2.45, 2.75) is 42.8 Å². The molecule has 1 aromatic carbocycles. The highest BCUT2D eigenvalue weighted by Gasteiger charge is 2.26. The molecule has 1 aliphatic carbocycles. The lowest BCUT2D eigenvalue weighted by Gasteiger charge is -2.13. The lowest BCUT2D eigenvalue weighted by atomic mass is 9.97. The first-order chi connectivity index (χ1) is 10.00. The van der Waals surface area contributed by atoms with Crippen LogP contribution in [-0.2, 0) is 9.84 Å². The van der Waals surface area contributed by atoms with Gasteiger partial charge in [0.25, 0.3) is 0 Å². The molecule has 0 fully saturated rings. The van der Waals surface area contributed by atoms with E-state index in [2.05, 4.69) is 11.4 Å². The van der Waals surface area contributed by atoms with Crippen molar-refractivity contribution in [2.75, 3.05) is 11.9 Å². The van der Waals surface area contributed by atoms with Crippen molar-refractivity contribution < 1.29 is 17.2 Å². The molecule has 0 bridgehead atoms. The Hall–Kier alpha value is -1.43. The number of benzene rings is 1. The van der Waals surface area contributed by atoms with Crippen LogP contribution in [0.25, 0.3) is 0 Å². The van der Waals surface area contributed by atoms with Gasteiger partial charge in [-0.1, -0.05) is 11.6 Å². The molecule has 0 radical (unpaired) electrons. The Morgan fingerprint density at radius 1 is 1.14 bits per heavy atom. The Bertz CT molecular complexity index is 595. The third-order valence-corrected chi connectivity index (χ3v) is 4.98. The molecule has 3 nitrogen and oxygen atoms in total. The van der Waals surface area contributed by atoms with Crippen LogP contribution in [0.2, 0.25) is 0 Å². The summed E-state index contributed by atoms with van der Waals surface area (Å²) in [6.07, 6.45) is 8.03. The molecule has 0 aromatic heterocycles. The lowest BCUT2D eigenvalue weighted by molar-refractivity contribution is 0.234. The number of halogens is 2. The highest BCUT2D eigenvalue weighted by Crippen LogP contribution is 2.22. The highest BCUT2D eigenvalue weighted by molar-refractivity contribution is 7.91. The van der Waals surface area contributed by atoms with E-state index in [0.717, 1.165) is 31.5 Å². The molecule has 0 amide bonds. The summed E-state index contributed by atoms with van der Waals surface area (Å²) in [7, 11) is -4.50. The highest BCUT2D eigenvalue weighted by atomic mass is 32.2. The third kappa shape index (κ3) is 4.27. The molecule has 0 spiro atoms. The zero-order valence-electron chi connectivity index (χ0n) is 11.7. The molecule has 0 atom stereocenters. The summed E-state index contributed by atoms with van der Waals surface area (Å²) in [5, 5.41) is 3.18. The van der Waals surface area contributed by atoms with Crippen molar-refractivity contribution in [1.29, 1.82) is 0 Å². The van der Waals surface area contributed by atoms with Crippen molar-refractivity contribution in [3.63, 3.8) is 0 Å². The van der Waals surface area contributed by atoms with E-state index in [0.29, 0.717) is 0 Å². The van der Waals surface area contributed by atoms with Gasteiger partial charge >= 0.3 is 5.76 Å². The van der Waals surface area contributed by atoms with E-state index in [9.17, 15) is 17.2 Å². The van der Waals surface area contributed by atoms with Crippen molar-refractivity contribution in [1.82, 2.24) is 0 Å². The lowest BCUT2D eigenvalue weighted by Crippen LogP contribution is -2.11. The molecule has 6 heteroatoms. The fraction of sp³-hybridized carbons (Fsp3) is 0.467. The average Bonchev–Trinajstić information content (AvgIpc) is 2.49. The van der Waals surface area contributed by atoms with E-state index < -0.39 is 15.6 Å². The Labute approximate surface area is 124 Å². The van der Waals surface area contributed by atoms with E-state index in [1.807, 2.05) is 0 Å². The summed E-state index contributed by atoms with van der Waals surface area (Å²) < 4.78 is 47.4. The summed E-state index contributed by atoms with van der Waals surface area (Å²) in [6.45, 7) is 0.757. The van der Waals surface area contributed by atoms with Gasteiger partial charge in [-0.05, 0) is 56.4 Å². The van der Waals surface area contributed by atoms with Gasteiger partial charge in [0.2, 0.25) is 9.84 Å². The topological polar surface area (TPSA) is 46.2 Å². The average molecular weight is 315 g/mol. The maximum Gasteiger partial charge on any atom is 0.341 e. The van der Waals surface area contributed by atoms with Crippen LogP contribution in [-0.4, -0.2) is 20.7 Å². The van der Waals surface area contributed by atoms with Crippen LogP contribution in [0.1, 0.15) is 32.1 Å². The van der Waals surface area contributed by atoms with Crippen LogP contribution in [0, 0.1) is 0 Å².